The van der Waals surface area contributed by atoms with E-state index in [1.165, 1.54) is 23.4 Å². The zero-order valence-corrected chi connectivity index (χ0v) is 19.5. The second-order valence-electron chi connectivity index (χ2n) is 6.83. The monoisotopic (exact) mass is 466 g/mol. The SMILES string of the molecule is CSc1ccc(S(=O)(=O)NCCSc2ccc(C)cc2)cc1C(=O)N1CCOCC1. The van der Waals surface area contributed by atoms with E-state index in [0.717, 1.165) is 9.79 Å². The van der Waals surface area contributed by atoms with Gasteiger partial charge in [-0.3, -0.25) is 4.79 Å². The van der Waals surface area contributed by atoms with Crippen LogP contribution in [0.5, 0.6) is 0 Å². The van der Waals surface area contributed by atoms with Crippen LogP contribution in [0.3, 0.4) is 0 Å². The van der Waals surface area contributed by atoms with E-state index in [1.54, 1.807) is 28.8 Å². The van der Waals surface area contributed by atoms with Gasteiger partial charge in [-0.05, 0) is 43.5 Å². The predicted molar refractivity (Wildman–Crippen MR) is 122 cm³/mol. The van der Waals surface area contributed by atoms with Crippen LogP contribution >= 0.6 is 23.5 Å². The van der Waals surface area contributed by atoms with Crippen LogP contribution in [-0.4, -0.2) is 64.1 Å². The van der Waals surface area contributed by atoms with Gasteiger partial charge in [0.05, 0.1) is 23.7 Å². The zero-order chi connectivity index (χ0) is 21.6. The number of nitrogens with one attached hydrogen (secondary N) is 1. The summed E-state index contributed by atoms with van der Waals surface area (Å²) in [6.45, 7) is 4.36. The van der Waals surface area contributed by atoms with Gasteiger partial charge in [-0.2, -0.15) is 0 Å². The molecule has 0 unspecified atom stereocenters. The molecule has 3 rings (SSSR count). The van der Waals surface area contributed by atoms with Crippen molar-refractivity contribution in [2.45, 2.75) is 21.6 Å². The van der Waals surface area contributed by atoms with E-state index in [-0.39, 0.29) is 10.8 Å². The maximum Gasteiger partial charge on any atom is 0.255 e. The Morgan fingerprint density at radius 1 is 1.13 bits per heavy atom. The van der Waals surface area contributed by atoms with Crippen molar-refractivity contribution in [2.75, 3.05) is 44.9 Å². The van der Waals surface area contributed by atoms with Crippen LogP contribution in [0.15, 0.2) is 57.2 Å². The molecule has 9 heteroatoms. The number of carbonyl (C=O) groups is 1. The number of amides is 1. The Hall–Kier alpha value is -1.52. The summed E-state index contributed by atoms with van der Waals surface area (Å²) in [5.41, 5.74) is 1.61. The first-order chi connectivity index (χ1) is 14.4. The molecule has 1 aliphatic rings. The smallest absolute Gasteiger partial charge is 0.255 e. The van der Waals surface area contributed by atoms with Gasteiger partial charge < -0.3 is 9.64 Å². The fourth-order valence-corrected chi connectivity index (χ4v) is 5.55. The molecule has 1 fully saturated rings. The highest BCUT2D eigenvalue weighted by molar-refractivity contribution is 7.99. The van der Waals surface area contributed by atoms with Gasteiger partial charge in [-0.15, -0.1) is 23.5 Å². The lowest BCUT2D eigenvalue weighted by molar-refractivity contribution is 0.0300. The Morgan fingerprint density at radius 3 is 2.50 bits per heavy atom. The van der Waals surface area contributed by atoms with Gasteiger partial charge in [-0.1, -0.05) is 17.7 Å². The quantitative estimate of drug-likeness (QED) is 0.475. The van der Waals surface area contributed by atoms with E-state index in [0.29, 0.717) is 44.2 Å². The van der Waals surface area contributed by atoms with Crippen molar-refractivity contribution in [3.63, 3.8) is 0 Å². The first-order valence-corrected chi connectivity index (χ1v) is 13.3. The predicted octanol–water partition coefficient (Wildman–Crippen LogP) is 3.26. The number of rotatable bonds is 8. The Balaban J connectivity index is 1.67. The molecule has 0 spiro atoms. The molecule has 1 N–H and O–H groups in total. The summed E-state index contributed by atoms with van der Waals surface area (Å²) in [5.74, 6) is 0.458. The standard InChI is InChI=1S/C21H26N2O4S3/c1-16-3-5-17(6-4-16)29-14-9-22-30(25,26)18-7-8-20(28-2)19(15-18)21(24)23-10-12-27-13-11-23/h3-8,15,22H,9-14H2,1-2H3. The Morgan fingerprint density at radius 2 is 1.83 bits per heavy atom. The van der Waals surface area contributed by atoms with E-state index in [4.69, 9.17) is 4.74 Å². The summed E-state index contributed by atoms with van der Waals surface area (Å²) in [7, 11) is -3.70. The van der Waals surface area contributed by atoms with Crippen LogP contribution in [0.1, 0.15) is 15.9 Å². The minimum Gasteiger partial charge on any atom is -0.378 e. The second-order valence-corrected chi connectivity index (χ2v) is 10.6. The van der Waals surface area contributed by atoms with Gasteiger partial charge >= 0.3 is 0 Å². The van der Waals surface area contributed by atoms with Crippen LogP contribution in [-0.2, 0) is 14.8 Å². The average molecular weight is 467 g/mol. The van der Waals surface area contributed by atoms with Gasteiger partial charge in [0.1, 0.15) is 0 Å². The zero-order valence-electron chi connectivity index (χ0n) is 17.1. The molecule has 1 amide bonds. The fourth-order valence-electron chi connectivity index (χ4n) is 3.02. The minimum atomic E-state index is -3.70. The molecule has 0 radical (unpaired) electrons. The Labute approximate surface area is 186 Å². The van der Waals surface area contributed by atoms with Crippen LogP contribution in [0.25, 0.3) is 0 Å². The number of hydrogen-bond donors (Lipinski definition) is 1. The number of aryl methyl sites for hydroxylation is 1. The number of sulfonamides is 1. The third-order valence-corrected chi connectivity index (χ3v) is 7.96. The van der Waals surface area contributed by atoms with Gasteiger partial charge in [-0.25, -0.2) is 13.1 Å². The van der Waals surface area contributed by atoms with Crippen molar-refractivity contribution in [3.8, 4) is 0 Å². The van der Waals surface area contributed by atoms with E-state index in [9.17, 15) is 13.2 Å². The van der Waals surface area contributed by atoms with Crippen molar-refractivity contribution >= 4 is 39.5 Å². The summed E-state index contributed by atoms with van der Waals surface area (Å²) in [6.07, 6.45) is 1.88. The summed E-state index contributed by atoms with van der Waals surface area (Å²) >= 11 is 3.02. The van der Waals surface area contributed by atoms with Crippen molar-refractivity contribution in [3.05, 3.63) is 53.6 Å². The van der Waals surface area contributed by atoms with E-state index >= 15 is 0 Å². The van der Waals surface area contributed by atoms with Gasteiger partial charge in [0, 0.05) is 35.2 Å². The number of thioether (sulfide) groups is 2. The van der Waals surface area contributed by atoms with E-state index in [2.05, 4.69) is 4.72 Å². The van der Waals surface area contributed by atoms with Crippen molar-refractivity contribution in [2.24, 2.45) is 0 Å². The highest BCUT2D eigenvalue weighted by Gasteiger charge is 2.23. The number of carbonyl (C=O) groups excluding carboxylic acids is 1. The largest absolute Gasteiger partial charge is 0.378 e. The number of hydrogen-bond acceptors (Lipinski definition) is 6. The normalized spacial score (nSPS) is 14.7. The summed E-state index contributed by atoms with van der Waals surface area (Å²) in [5, 5.41) is 0. The highest BCUT2D eigenvalue weighted by Crippen LogP contribution is 2.25. The second kappa shape index (κ2) is 10.7. The molecule has 0 saturated carbocycles. The lowest BCUT2D eigenvalue weighted by Crippen LogP contribution is -2.41. The van der Waals surface area contributed by atoms with Crippen LogP contribution < -0.4 is 4.72 Å². The summed E-state index contributed by atoms with van der Waals surface area (Å²) < 4.78 is 33.5. The molecule has 1 saturated heterocycles. The lowest BCUT2D eigenvalue weighted by Gasteiger charge is -2.27. The molecule has 0 aromatic heterocycles. The van der Waals surface area contributed by atoms with E-state index < -0.39 is 10.0 Å². The highest BCUT2D eigenvalue weighted by atomic mass is 32.2. The minimum absolute atomic E-state index is 0.109. The third-order valence-electron chi connectivity index (χ3n) is 4.69. The van der Waals surface area contributed by atoms with Gasteiger partial charge in [0.15, 0.2) is 0 Å². The number of nitrogens with zero attached hydrogens (tertiary/aromatic N) is 1. The van der Waals surface area contributed by atoms with Gasteiger partial charge in [0.25, 0.3) is 5.91 Å². The molecule has 2 aromatic rings. The molecule has 2 aromatic carbocycles. The summed E-state index contributed by atoms with van der Waals surface area (Å²) in [4.78, 5) is 16.6. The number of morpholine rings is 1. The molecule has 0 bridgehead atoms. The molecule has 30 heavy (non-hydrogen) atoms. The van der Waals surface area contributed by atoms with E-state index in [1.807, 2.05) is 37.4 Å². The van der Waals surface area contributed by atoms with Crippen LogP contribution in [0.2, 0.25) is 0 Å². The Bertz CT molecular complexity index is 972. The molecular weight excluding hydrogens is 440 g/mol. The van der Waals surface area contributed by atoms with Crippen LogP contribution in [0, 0.1) is 6.92 Å². The number of ether oxygens (including phenoxy) is 1. The fraction of sp³-hybridized carbons (Fsp3) is 0.381. The maximum atomic E-state index is 12.9. The van der Waals surface area contributed by atoms with Crippen molar-refractivity contribution in [1.29, 1.82) is 0 Å². The van der Waals surface area contributed by atoms with Crippen molar-refractivity contribution < 1.29 is 17.9 Å². The number of benzene rings is 2. The molecule has 0 atom stereocenters. The third kappa shape index (κ3) is 6.01. The van der Waals surface area contributed by atoms with Crippen LogP contribution in [0.4, 0.5) is 0 Å². The summed E-state index contributed by atoms with van der Waals surface area (Å²) in [6, 6.07) is 12.9. The first kappa shape index (κ1) is 23.1. The topological polar surface area (TPSA) is 75.7 Å². The molecule has 1 aliphatic heterocycles. The Kier molecular flexibility index (Phi) is 8.24. The molecular formula is C21H26N2O4S3. The van der Waals surface area contributed by atoms with Gasteiger partial charge in [0.2, 0.25) is 10.0 Å². The maximum absolute atomic E-state index is 12.9. The van der Waals surface area contributed by atoms with Crippen molar-refractivity contribution in [1.82, 2.24) is 9.62 Å². The molecule has 6 nitrogen and oxygen atoms in total. The average Bonchev–Trinajstić information content (AvgIpc) is 2.77. The molecule has 0 aliphatic carbocycles. The first-order valence-electron chi connectivity index (χ1n) is 9.65. The molecule has 162 valence electrons. The molecule has 1 heterocycles. The lowest BCUT2D eigenvalue weighted by atomic mass is 10.2.